The van der Waals surface area contributed by atoms with Gasteiger partial charge in [-0.1, -0.05) is 48.5 Å². The van der Waals surface area contributed by atoms with Crippen LogP contribution >= 0.6 is 0 Å². The molecule has 1 saturated heterocycles. The van der Waals surface area contributed by atoms with E-state index in [2.05, 4.69) is 47.8 Å². The van der Waals surface area contributed by atoms with Gasteiger partial charge in [-0.05, 0) is 78.9 Å². The van der Waals surface area contributed by atoms with Gasteiger partial charge in [-0.25, -0.2) is 0 Å². The molecule has 0 saturated carbocycles. The molecule has 0 atom stereocenters. The van der Waals surface area contributed by atoms with Crippen LogP contribution in [0, 0.1) is 0 Å². The molecule has 1 amide bonds. The summed E-state index contributed by atoms with van der Waals surface area (Å²) in [5, 5.41) is 23.9. The van der Waals surface area contributed by atoms with Crippen LogP contribution in [0.25, 0.3) is 32.3 Å². The highest BCUT2D eigenvalue weighted by atomic mass is 16.5. The van der Waals surface area contributed by atoms with Gasteiger partial charge in [0, 0.05) is 22.7 Å². The highest BCUT2D eigenvalue weighted by molar-refractivity contribution is 6.26. The summed E-state index contributed by atoms with van der Waals surface area (Å²) in [6.45, 7) is 7.82. The molecule has 153 valence electrons. The maximum absolute atomic E-state index is 13.4. The van der Waals surface area contributed by atoms with Crippen molar-refractivity contribution in [2.24, 2.45) is 0 Å². The third-order valence-corrected chi connectivity index (χ3v) is 6.70. The second-order valence-corrected chi connectivity index (χ2v) is 9.97. The Morgan fingerprint density at radius 2 is 1.37 bits per heavy atom. The Morgan fingerprint density at radius 3 is 2.00 bits per heavy atom. The van der Waals surface area contributed by atoms with Crippen LogP contribution in [0.4, 0.5) is 0 Å². The zero-order chi connectivity index (χ0) is 21.3. The molecule has 0 aromatic heterocycles. The van der Waals surface area contributed by atoms with E-state index in [1.54, 1.807) is 0 Å². The predicted octanol–water partition coefficient (Wildman–Crippen LogP) is 5.68. The lowest BCUT2D eigenvalue weighted by molar-refractivity contribution is -0.289. The SMILES string of the molecule is CC1(C)CC(NC(=O)c2ccc3ccc4cccc5ccc2c3c45)CC(C)(C)N1[O]. The largest absolute Gasteiger partial charge is 0.349 e. The Balaban J connectivity index is 1.56. The van der Waals surface area contributed by atoms with Gasteiger partial charge in [0.15, 0.2) is 0 Å². The lowest BCUT2D eigenvalue weighted by atomic mass is 9.79. The summed E-state index contributed by atoms with van der Waals surface area (Å²) < 4.78 is 0. The van der Waals surface area contributed by atoms with E-state index in [1.165, 1.54) is 21.2 Å². The molecule has 1 fully saturated rings. The second kappa shape index (κ2) is 6.40. The molecule has 0 unspecified atom stereocenters. The number of carbonyl (C=O) groups is 1. The summed E-state index contributed by atoms with van der Waals surface area (Å²) in [4.78, 5) is 13.4. The molecule has 4 aromatic rings. The maximum atomic E-state index is 13.4. The Labute approximate surface area is 176 Å². The summed E-state index contributed by atoms with van der Waals surface area (Å²) in [5.74, 6) is -0.0658. The van der Waals surface area contributed by atoms with Gasteiger partial charge in [-0.3, -0.25) is 4.79 Å². The van der Waals surface area contributed by atoms with Crippen molar-refractivity contribution in [3.63, 3.8) is 0 Å². The quantitative estimate of drug-likeness (QED) is 0.441. The fourth-order valence-electron chi connectivity index (χ4n) is 5.56. The summed E-state index contributed by atoms with van der Waals surface area (Å²) in [6.07, 6.45) is 1.27. The number of hydrogen-bond acceptors (Lipinski definition) is 2. The average Bonchev–Trinajstić information content (AvgIpc) is 2.69. The molecule has 0 spiro atoms. The van der Waals surface area contributed by atoms with Crippen molar-refractivity contribution in [3.8, 4) is 0 Å². The van der Waals surface area contributed by atoms with E-state index in [-0.39, 0.29) is 11.9 Å². The van der Waals surface area contributed by atoms with Gasteiger partial charge in [0.25, 0.3) is 5.91 Å². The number of rotatable bonds is 2. The molecule has 0 bridgehead atoms. The number of nitrogens with zero attached hydrogens (tertiary/aromatic N) is 1. The van der Waals surface area contributed by atoms with Gasteiger partial charge in [-0.15, -0.1) is 10.3 Å². The van der Waals surface area contributed by atoms with E-state index in [1.807, 2.05) is 39.8 Å². The minimum absolute atomic E-state index is 0.0359. The maximum Gasteiger partial charge on any atom is 0.252 e. The Morgan fingerprint density at radius 1 is 0.833 bits per heavy atom. The second-order valence-electron chi connectivity index (χ2n) is 9.97. The summed E-state index contributed by atoms with van der Waals surface area (Å²) in [6, 6.07) is 18.7. The van der Waals surface area contributed by atoms with E-state index in [4.69, 9.17) is 0 Å². The van der Waals surface area contributed by atoms with Crippen LogP contribution in [-0.4, -0.2) is 28.1 Å². The van der Waals surface area contributed by atoms with Crippen molar-refractivity contribution >= 4 is 38.2 Å². The molecule has 5 rings (SSSR count). The van der Waals surface area contributed by atoms with Crippen LogP contribution in [0.5, 0.6) is 0 Å². The Hall–Kier alpha value is -2.69. The molecule has 4 heteroatoms. The molecule has 1 aliphatic rings. The number of hydrogen-bond donors (Lipinski definition) is 1. The summed E-state index contributed by atoms with van der Waals surface area (Å²) >= 11 is 0. The van der Waals surface area contributed by atoms with Crippen molar-refractivity contribution in [2.45, 2.75) is 57.7 Å². The fraction of sp³-hybridized carbons (Fsp3) is 0.346. The first kappa shape index (κ1) is 19.3. The monoisotopic (exact) mass is 399 g/mol. The van der Waals surface area contributed by atoms with Gasteiger partial charge in [0.1, 0.15) is 0 Å². The molecule has 1 heterocycles. The average molecular weight is 400 g/mol. The van der Waals surface area contributed by atoms with Gasteiger partial charge in [-0.2, -0.15) is 0 Å². The molecular formula is C26H27N2O2. The number of piperidine rings is 1. The topological polar surface area (TPSA) is 52.2 Å². The minimum Gasteiger partial charge on any atom is -0.349 e. The molecule has 1 N–H and O–H groups in total. The molecule has 4 nitrogen and oxygen atoms in total. The van der Waals surface area contributed by atoms with Crippen LogP contribution < -0.4 is 5.32 Å². The Bertz CT molecular complexity index is 1240. The highest BCUT2D eigenvalue weighted by Crippen LogP contribution is 2.38. The summed E-state index contributed by atoms with van der Waals surface area (Å²) in [7, 11) is 0. The van der Waals surface area contributed by atoms with Crippen molar-refractivity contribution in [1.82, 2.24) is 10.4 Å². The van der Waals surface area contributed by atoms with Crippen molar-refractivity contribution in [2.75, 3.05) is 0 Å². The van der Waals surface area contributed by atoms with Crippen LogP contribution in [0.3, 0.4) is 0 Å². The first-order valence-corrected chi connectivity index (χ1v) is 10.6. The van der Waals surface area contributed by atoms with Crippen LogP contribution in [0.1, 0.15) is 50.9 Å². The molecule has 0 aliphatic carbocycles. The minimum atomic E-state index is -0.512. The standard InChI is InChI=1S/C26H27N2O2/c1-25(2)14-19(15-26(3,4)28(25)30)27-24(29)21-13-11-18-9-8-16-6-5-7-17-10-12-20(21)23(18)22(16)17/h5-13,19H,14-15H2,1-4H3,(H,27,29). The van der Waals surface area contributed by atoms with Crippen LogP contribution in [0.15, 0.2) is 54.6 Å². The van der Waals surface area contributed by atoms with Crippen molar-refractivity contribution < 1.29 is 10.0 Å². The third kappa shape index (κ3) is 2.86. The molecule has 1 radical (unpaired) electrons. The first-order chi connectivity index (χ1) is 14.2. The van der Waals surface area contributed by atoms with E-state index in [0.717, 1.165) is 16.2 Å². The van der Waals surface area contributed by atoms with Gasteiger partial charge in [0.05, 0.1) is 0 Å². The number of carbonyl (C=O) groups excluding carboxylic acids is 1. The van der Waals surface area contributed by atoms with Gasteiger partial charge < -0.3 is 5.32 Å². The van der Waals surface area contributed by atoms with Gasteiger partial charge >= 0.3 is 0 Å². The normalized spacial score (nSPS) is 19.6. The third-order valence-electron chi connectivity index (χ3n) is 6.70. The van der Waals surface area contributed by atoms with Crippen molar-refractivity contribution in [3.05, 3.63) is 60.2 Å². The smallest absolute Gasteiger partial charge is 0.252 e. The highest BCUT2D eigenvalue weighted by Gasteiger charge is 2.46. The number of amides is 1. The zero-order valence-electron chi connectivity index (χ0n) is 18.0. The van der Waals surface area contributed by atoms with E-state index in [0.29, 0.717) is 18.4 Å². The van der Waals surface area contributed by atoms with Crippen LogP contribution in [-0.2, 0) is 5.21 Å². The van der Waals surface area contributed by atoms with E-state index < -0.39 is 11.1 Å². The summed E-state index contributed by atoms with van der Waals surface area (Å²) in [5.41, 5.74) is -0.328. The number of nitrogens with one attached hydrogen (secondary N) is 1. The molecule has 30 heavy (non-hydrogen) atoms. The van der Waals surface area contributed by atoms with E-state index >= 15 is 0 Å². The predicted molar refractivity (Wildman–Crippen MR) is 121 cm³/mol. The lowest BCUT2D eigenvalue weighted by Crippen LogP contribution is -2.62. The lowest BCUT2D eigenvalue weighted by Gasteiger charge is -2.50. The Kier molecular flexibility index (Phi) is 4.12. The van der Waals surface area contributed by atoms with Crippen molar-refractivity contribution in [1.29, 1.82) is 0 Å². The molecule has 4 aromatic carbocycles. The molecule has 1 aliphatic heterocycles. The number of hydroxylamine groups is 2. The van der Waals surface area contributed by atoms with E-state index in [9.17, 15) is 10.0 Å². The first-order valence-electron chi connectivity index (χ1n) is 10.6. The van der Waals surface area contributed by atoms with Gasteiger partial charge in [0.2, 0.25) is 0 Å². The fourth-order valence-corrected chi connectivity index (χ4v) is 5.56. The van der Waals surface area contributed by atoms with Crippen LogP contribution in [0.2, 0.25) is 0 Å². The number of benzene rings is 4. The molecular weight excluding hydrogens is 372 g/mol. The zero-order valence-corrected chi connectivity index (χ0v) is 18.0.